The molecule has 1 unspecified atom stereocenters. The fourth-order valence-corrected chi connectivity index (χ4v) is 3.09. The summed E-state index contributed by atoms with van der Waals surface area (Å²) < 4.78 is 0. The smallest absolute Gasteiger partial charge is 0.156 e. The van der Waals surface area contributed by atoms with Crippen molar-refractivity contribution in [1.82, 2.24) is 24.8 Å². The van der Waals surface area contributed by atoms with Crippen LogP contribution in [0.2, 0.25) is 0 Å². The molecule has 0 spiro atoms. The van der Waals surface area contributed by atoms with E-state index in [1.807, 2.05) is 30.7 Å². The number of H-pyrrole nitrogens is 1. The summed E-state index contributed by atoms with van der Waals surface area (Å²) in [6, 6.07) is 6.64. The molecule has 1 aliphatic heterocycles. The molecule has 3 aromatic heterocycles. The van der Waals surface area contributed by atoms with Crippen LogP contribution in [0.5, 0.6) is 0 Å². The molecule has 118 valence electrons. The largest absolute Gasteiger partial charge is 0.355 e. The Hall–Kier alpha value is -2.47. The number of fused-ring (bicyclic) bond motifs is 1. The number of anilines is 1. The van der Waals surface area contributed by atoms with Crippen molar-refractivity contribution in [1.29, 1.82) is 0 Å². The number of nitrogens with zero attached hydrogens (tertiary/aromatic N) is 5. The quantitative estimate of drug-likeness (QED) is 0.803. The van der Waals surface area contributed by atoms with Gasteiger partial charge in [0.2, 0.25) is 0 Å². The molecule has 1 aliphatic rings. The molecule has 23 heavy (non-hydrogen) atoms. The summed E-state index contributed by atoms with van der Waals surface area (Å²) in [5.41, 5.74) is 3.63. The van der Waals surface area contributed by atoms with E-state index in [1.54, 1.807) is 0 Å². The predicted molar refractivity (Wildman–Crippen MR) is 91.4 cm³/mol. The highest BCUT2D eigenvalue weighted by Gasteiger charge is 2.25. The zero-order valence-electron chi connectivity index (χ0n) is 13.4. The molecule has 3 aromatic rings. The second-order valence-corrected chi connectivity index (χ2v) is 6.22. The Morgan fingerprint density at radius 3 is 3.00 bits per heavy atom. The number of aromatic nitrogens is 4. The zero-order chi connectivity index (χ0) is 15.8. The standard InChI is InChI=1S/C17H20N6/c1-22(2)13-5-8-23(11-13)16-9-12(3-6-18-16)15-10-20-17-14(21-15)4-7-19-17/h3-4,6-7,9-10,13H,5,8,11H2,1-2H3,(H,19,20). The molecule has 6 heteroatoms. The lowest BCUT2D eigenvalue weighted by Crippen LogP contribution is -2.31. The van der Waals surface area contributed by atoms with Gasteiger partial charge in [0, 0.05) is 37.1 Å². The van der Waals surface area contributed by atoms with E-state index in [0.29, 0.717) is 6.04 Å². The number of rotatable bonds is 3. The Kier molecular flexibility index (Phi) is 3.46. The summed E-state index contributed by atoms with van der Waals surface area (Å²) in [5.74, 6) is 1.02. The van der Waals surface area contributed by atoms with Crippen molar-refractivity contribution in [3.8, 4) is 11.3 Å². The molecule has 0 aromatic carbocycles. The first-order chi connectivity index (χ1) is 11.2. The van der Waals surface area contributed by atoms with E-state index >= 15 is 0 Å². The Bertz CT molecular complexity index is 825. The van der Waals surface area contributed by atoms with Gasteiger partial charge in [0.25, 0.3) is 0 Å². The molecule has 1 atom stereocenters. The normalized spacial score (nSPS) is 18.2. The fraction of sp³-hybridized carbons (Fsp3) is 0.353. The van der Waals surface area contributed by atoms with Crippen LogP contribution in [0.3, 0.4) is 0 Å². The predicted octanol–water partition coefficient (Wildman–Crippen LogP) is 2.16. The first kappa shape index (κ1) is 14.1. The van der Waals surface area contributed by atoms with Crippen LogP contribution in [0, 0.1) is 0 Å². The van der Waals surface area contributed by atoms with Gasteiger partial charge in [-0.25, -0.2) is 15.0 Å². The van der Waals surface area contributed by atoms with Gasteiger partial charge in [0.05, 0.1) is 11.9 Å². The van der Waals surface area contributed by atoms with Crippen molar-refractivity contribution in [2.75, 3.05) is 32.1 Å². The molecule has 6 nitrogen and oxygen atoms in total. The van der Waals surface area contributed by atoms with E-state index in [1.165, 1.54) is 6.42 Å². The molecule has 1 fully saturated rings. The summed E-state index contributed by atoms with van der Waals surface area (Å²) in [6.07, 6.45) is 6.70. The average Bonchev–Trinajstić information content (AvgIpc) is 3.23. The van der Waals surface area contributed by atoms with Gasteiger partial charge in [-0.3, -0.25) is 0 Å². The SMILES string of the molecule is CN(C)C1CCN(c2cc(-c3cnc4[nH]ccc4n3)ccn2)C1. The molecule has 0 bridgehead atoms. The topological polar surface area (TPSA) is 60.9 Å². The van der Waals surface area contributed by atoms with E-state index in [4.69, 9.17) is 0 Å². The minimum atomic E-state index is 0.594. The van der Waals surface area contributed by atoms with E-state index in [0.717, 1.165) is 41.3 Å². The Balaban J connectivity index is 1.63. The van der Waals surface area contributed by atoms with Crippen LogP contribution in [-0.4, -0.2) is 58.1 Å². The summed E-state index contributed by atoms with van der Waals surface area (Å²) in [6.45, 7) is 2.06. The van der Waals surface area contributed by atoms with Crippen molar-refractivity contribution in [2.24, 2.45) is 0 Å². The van der Waals surface area contributed by atoms with E-state index < -0.39 is 0 Å². The minimum Gasteiger partial charge on any atom is -0.355 e. The second kappa shape index (κ2) is 5.62. The van der Waals surface area contributed by atoms with Crippen LogP contribution in [0.15, 0.2) is 36.8 Å². The van der Waals surface area contributed by atoms with Gasteiger partial charge < -0.3 is 14.8 Å². The zero-order valence-corrected chi connectivity index (χ0v) is 13.4. The van der Waals surface area contributed by atoms with Gasteiger partial charge in [-0.1, -0.05) is 0 Å². The maximum absolute atomic E-state index is 4.67. The number of likely N-dealkylation sites (N-methyl/N-ethyl adjacent to an activating group) is 1. The molecule has 0 saturated carbocycles. The van der Waals surface area contributed by atoms with Crippen molar-refractivity contribution < 1.29 is 0 Å². The number of hydrogen-bond acceptors (Lipinski definition) is 5. The summed E-state index contributed by atoms with van der Waals surface area (Å²) in [4.78, 5) is 21.3. The maximum atomic E-state index is 4.67. The third kappa shape index (κ3) is 2.66. The Morgan fingerprint density at radius 1 is 1.26 bits per heavy atom. The maximum Gasteiger partial charge on any atom is 0.156 e. The van der Waals surface area contributed by atoms with Crippen molar-refractivity contribution in [3.05, 3.63) is 36.8 Å². The lowest BCUT2D eigenvalue weighted by atomic mass is 10.2. The second-order valence-electron chi connectivity index (χ2n) is 6.22. The van der Waals surface area contributed by atoms with Crippen molar-refractivity contribution >= 4 is 17.0 Å². The Morgan fingerprint density at radius 2 is 2.17 bits per heavy atom. The van der Waals surface area contributed by atoms with Crippen molar-refractivity contribution in [2.45, 2.75) is 12.5 Å². The highest BCUT2D eigenvalue weighted by atomic mass is 15.3. The lowest BCUT2D eigenvalue weighted by Gasteiger charge is -2.21. The van der Waals surface area contributed by atoms with Crippen LogP contribution in [0.25, 0.3) is 22.4 Å². The molecule has 4 heterocycles. The molecule has 0 amide bonds. The van der Waals surface area contributed by atoms with Crippen LogP contribution in [0.1, 0.15) is 6.42 Å². The third-order valence-electron chi connectivity index (χ3n) is 4.52. The van der Waals surface area contributed by atoms with E-state index in [-0.39, 0.29) is 0 Å². The van der Waals surface area contributed by atoms with Gasteiger partial charge in [-0.05, 0) is 38.7 Å². The van der Waals surface area contributed by atoms with Crippen LogP contribution in [-0.2, 0) is 0 Å². The average molecular weight is 308 g/mol. The Labute approximate surface area is 135 Å². The molecule has 4 rings (SSSR count). The molecular formula is C17H20N6. The monoisotopic (exact) mass is 308 g/mol. The molecular weight excluding hydrogens is 288 g/mol. The summed E-state index contributed by atoms with van der Waals surface area (Å²) in [5, 5.41) is 0. The highest BCUT2D eigenvalue weighted by molar-refractivity contribution is 5.74. The van der Waals surface area contributed by atoms with Gasteiger partial charge >= 0.3 is 0 Å². The summed E-state index contributed by atoms with van der Waals surface area (Å²) in [7, 11) is 4.28. The van der Waals surface area contributed by atoms with Gasteiger partial charge in [0.1, 0.15) is 11.3 Å². The van der Waals surface area contributed by atoms with Crippen LogP contribution < -0.4 is 4.90 Å². The van der Waals surface area contributed by atoms with Crippen molar-refractivity contribution in [3.63, 3.8) is 0 Å². The van der Waals surface area contributed by atoms with E-state index in [9.17, 15) is 0 Å². The number of pyridine rings is 1. The molecule has 0 aliphatic carbocycles. The van der Waals surface area contributed by atoms with Gasteiger partial charge in [-0.15, -0.1) is 0 Å². The molecule has 1 saturated heterocycles. The number of aromatic amines is 1. The van der Waals surface area contributed by atoms with Crippen LogP contribution in [0.4, 0.5) is 5.82 Å². The lowest BCUT2D eigenvalue weighted by molar-refractivity contribution is 0.315. The highest BCUT2D eigenvalue weighted by Crippen LogP contribution is 2.25. The molecule has 1 N–H and O–H groups in total. The summed E-state index contributed by atoms with van der Waals surface area (Å²) >= 11 is 0. The number of nitrogens with one attached hydrogen (secondary N) is 1. The first-order valence-electron chi connectivity index (χ1n) is 7.88. The first-order valence-corrected chi connectivity index (χ1v) is 7.88. The minimum absolute atomic E-state index is 0.594. The van der Waals surface area contributed by atoms with E-state index in [2.05, 4.69) is 49.9 Å². The van der Waals surface area contributed by atoms with Gasteiger partial charge in [0.15, 0.2) is 5.65 Å². The fourth-order valence-electron chi connectivity index (χ4n) is 3.09. The molecule has 0 radical (unpaired) electrons. The third-order valence-corrected chi connectivity index (χ3v) is 4.52. The van der Waals surface area contributed by atoms with Gasteiger partial charge in [-0.2, -0.15) is 0 Å². The number of hydrogen-bond donors (Lipinski definition) is 1. The van der Waals surface area contributed by atoms with Crippen LogP contribution >= 0.6 is 0 Å².